The van der Waals surface area contributed by atoms with Crippen LogP contribution >= 0.6 is 0 Å². The lowest BCUT2D eigenvalue weighted by atomic mass is 9.44. The van der Waals surface area contributed by atoms with Crippen molar-refractivity contribution in [2.75, 3.05) is 10.6 Å². The van der Waals surface area contributed by atoms with Gasteiger partial charge in [-0.1, -0.05) is 18.2 Å². The number of hydrogen-bond donors (Lipinski definition) is 2. The first-order chi connectivity index (χ1) is 13.9. The Morgan fingerprint density at radius 2 is 1.86 bits per heavy atom. The average Bonchev–Trinajstić information content (AvgIpc) is 2.87. The van der Waals surface area contributed by atoms with Crippen LogP contribution in [0, 0.1) is 39.0 Å². The van der Waals surface area contributed by atoms with Crippen LogP contribution in [0.25, 0.3) is 5.65 Å². The standard InChI is InChI=1S/C24H28N4O/c1-14-6-5-7-15(2)20(14)12-25-21-8-19(13-28-17(4)16(3)26-22(21)28)27-23(29)24-9-18(10-24)11-24/h5-8,13,18,25H,9-12H2,1-4H3,(H,27,29). The highest BCUT2D eigenvalue weighted by molar-refractivity contribution is 5.98. The van der Waals surface area contributed by atoms with Gasteiger partial charge in [0.15, 0.2) is 5.65 Å². The van der Waals surface area contributed by atoms with E-state index in [1.807, 2.05) is 19.2 Å². The number of fused-ring (bicyclic) bond motifs is 1. The first kappa shape index (κ1) is 18.2. The molecule has 0 radical (unpaired) electrons. The van der Waals surface area contributed by atoms with Gasteiger partial charge in [-0.2, -0.15) is 0 Å². The van der Waals surface area contributed by atoms with Crippen molar-refractivity contribution in [1.82, 2.24) is 9.38 Å². The van der Waals surface area contributed by atoms with Crippen molar-refractivity contribution in [3.05, 3.63) is 58.5 Å². The van der Waals surface area contributed by atoms with Crippen LogP contribution in [0.5, 0.6) is 0 Å². The number of carbonyl (C=O) groups excluding carboxylic acids is 1. The zero-order chi connectivity index (χ0) is 20.3. The molecule has 150 valence electrons. The van der Waals surface area contributed by atoms with Crippen LogP contribution in [0.4, 0.5) is 11.4 Å². The van der Waals surface area contributed by atoms with Gasteiger partial charge in [0.05, 0.1) is 22.5 Å². The van der Waals surface area contributed by atoms with Crippen molar-refractivity contribution in [1.29, 1.82) is 0 Å². The molecule has 0 unspecified atom stereocenters. The molecule has 2 N–H and O–H groups in total. The number of imidazole rings is 1. The molecule has 3 saturated carbocycles. The summed E-state index contributed by atoms with van der Waals surface area (Å²) < 4.78 is 2.08. The third-order valence-corrected chi connectivity index (χ3v) is 7.07. The van der Waals surface area contributed by atoms with Crippen LogP contribution in [0.3, 0.4) is 0 Å². The zero-order valence-electron chi connectivity index (χ0n) is 17.6. The van der Waals surface area contributed by atoms with Gasteiger partial charge in [-0.3, -0.25) is 4.79 Å². The Labute approximate surface area is 171 Å². The number of aromatic nitrogens is 2. The van der Waals surface area contributed by atoms with E-state index >= 15 is 0 Å². The summed E-state index contributed by atoms with van der Waals surface area (Å²) in [5, 5.41) is 6.77. The topological polar surface area (TPSA) is 58.4 Å². The van der Waals surface area contributed by atoms with E-state index in [1.54, 1.807) is 0 Å². The summed E-state index contributed by atoms with van der Waals surface area (Å²) in [5.74, 6) is 0.964. The molecule has 5 nitrogen and oxygen atoms in total. The van der Waals surface area contributed by atoms with Crippen LogP contribution in [0.1, 0.15) is 47.3 Å². The van der Waals surface area contributed by atoms with E-state index in [2.05, 4.69) is 54.0 Å². The molecule has 29 heavy (non-hydrogen) atoms. The fourth-order valence-corrected chi connectivity index (χ4v) is 4.90. The largest absolute Gasteiger partial charge is 0.378 e. The number of anilines is 2. The minimum Gasteiger partial charge on any atom is -0.378 e. The lowest BCUT2D eigenvalue weighted by Crippen LogP contribution is -2.58. The molecular weight excluding hydrogens is 360 g/mol. The van der Waals surface area contributed by atoms with Crippen LogP contribution in [0.2, 0.25) is 0 Å². The Bertz CT molecular complexity index is 1110. The zero-order valence-corrected chi connectivity index (χ0v) is 17.6. The van der Waals surface area contributed by atoms with Crippen LogP contribution < -0.4 is 10.6 Å². The molecule has 2 heterocycles. The molecule has 6 rings (SSSR count). The van der Waals surface area contributed by atoms with E-state index in [0.29, 0.717) is 0 Å². The number of carbonyl (C=O) groups is 1. The predicted molar refractivity (Wildman–Crippen MR) is 116 cm³/mol. The van der Waals surface area contributed by atoms with E-state index in [0.717, 1.165) is 60.1 Å². The number of rotatable bonds is 5. The first-order valence-corrected chi connectivity index (χ1v) is 10.5. The number of pyridine rings is 1. The second-order valence-corrected chi connectivity index (χ2v) is 9.06. The fourth-order valence-electron chi connectivity index (χ4n) is 4.90. The van der Waals surface area contributed by atoms with Gasteiger partial charge >= 0.3 is 0 Å². The van der Waals surface area contributed by atoms with Gasteiger partial charge in [-0.15, -0.1) is 0 Å². The minimum atomic E-state index is -0.0919. The molecule has 3 aliphatic rings. The molecule has 0 saturated heterocycles. The normalized spacial score (nSPS) is 22.1. The summed E-state index contributed by atoms with van der Waals surface area (Å²) in [5.41, 5.74) is 8.53. The van der Waals surface area contributed by atoms with E-state index in [4.69, 9.17) is 4.98 Å². The Balaban J connectivity index is 1.47. The number of benzene rings is 1. The summed E-state index contributed by atoms with van der Waals surface area (Å²) in [6.45, 7) is 9.10. The number of nitrogens with zero attached hydrogens (tertiary/aromatic N) is 2. The third kappa shape index (κ3) is 2.83. The van der Waals surface area contributed by atoms with Crippen molar-refractivity contribution in [3.8, 4) is 0 Å². The third-order valence-electron chi connectivity index (χ3n) is 7.07. The van der Waals surface area contributed by atoms with Gasteiger partial charge in [0.2, 0.25) is 5.91 Å². The molecule has 1 amide bonds. The molecule has 2 aromatic heterocycles. The van der Waals surface area contributed by atoms with Crippen molar-refractivity contribution in [3.63, 3.8) is 0 Å². The average molecular weight is 389 g/mol. The minimum absolute atomic E-state index is 0.0919. The second kappa shape index (κ2) is 6.34. The maximum absolute atomic E-state index is 12.8. The molecule has 3 aliphatic carbocycles. The smallest absolute Gasteiger partial charge is 0.230 e. The van der Waals surface area contributed by atoms with Gasteiger partial charge in [0.25, 0.3) is 0 Å². The highest BCUT2D eigenvalue weighted by atomic mass is 16.2. The molecule has 0 spiro atoms. The number of hydrogen-bond acceptors (Lipinski definition) is 3. The van der Waals surface area contributed by atoms with Gasteiger partial charge in [0.1, 0.15) is 0 Å². The van der Waals surface area contributed by atoms with Crippen molar-refractivity contribution >= 4 is 22.9 Å². The lowest BCUT2D eigenvalue weighted by Gasteiger charge is -2.60. The van der Waals surface area contributed by atoms with Gasteiger partial charge in [-0.25, -0.2) is 4.98 Å². The molecule has 0 aliphatic heterocycles. The molecule has 0 atom stereocenters. The van der Waals surface area contributed by atoms with Crippen molar-refractivity contribution < 1.29 is 4.79 Å². The lowest BCUT2D eigenvalue weighted by molar-refractivity contribution is -0.158. The Morgan fingerprint density at radius 1 is 1.17 bits per heavy atom. The molecule has 3 aromatic rings. The van der Waals surface area contributed by atoms with Crippen molar-refractivity contribution in [2.24, 2.45) is 11.3 Å². The molecule has 3 fully saturated rings. The van der Waals surface area contributed by atoms with Crippen LogP contribution in [-0.4, -0.2) is 15.3 Å². The number of nitrogens with one attached hydrogen (secondary N) is 2. The van der Waals surface area contributed by atoms with Gasteiger partial charge in [-0.05, 0) is 75.6 Å². The fraction of sp³-hybridized carbons (Fsp3) is 0.417. The Kier molecular flexibility index (Phi) is 3.99. The first-order valence-electron chi connectivity index (χ1n) is 10.5. The number of amides is 1. The Morgan fingerprint density at radius 3 is 2.48 bits per heavy atom. The maximum atomic E-state index is 12.8. The quantitative estimate of drug-likeness (QED) is 0.652. The Hall–Kier alpha value is -2.82. The molecular formula is C24H28N4O. The SMILES string of the molecule is Cc1cccc(C)c1CNc1cc(NC(=O)C23CC(C2)C3)cn2c(C)c(C)nc12. The second-order valence-electron chi connectivity index (χ2n) is 9.06. The summed E-state index contributed by atoms with van der Waals surface area (Å²) in [6, 6.07) is 8.40. The van der Waals surface area contributed by atoms with Crippen LogP contribution in [0.15, 0.2) is 30.5 Å². The number of aryl methyl sites for hydroxylation is 4. The highest BCUT2D eigenvalue weighted by Crippen LogP contribution is 2.64. The molecule has 1 aromatic carbocycles. The molecule has 5 heteroatoms. The van der Waals surface area contributed by atoms with Crippen molar-refractivity contribution in [2.45, 2.75) is 53.5 Å². The van der Waals surface area contributed by atoms with E-state index in [-0.39, 0.29) is 11.3 Å². The van der Waals surface area contributed by atoms with E-state index in [9.17, 15) is 4.79 Å². The predicted octanol–water partition coefficient (Wildman–Crippen LogP) is 4.92. The van der Waals surface area contributed by atoms with E-state index < -0.39 is 0 Å². The molecule has 2 bridgehead atoms. The van der Waals surface area contributed by atoms with E-state index in [1.165, 1.54) is 16.7 Å². The van der Waals surface area contributed by atoms with Gasteiger partial charge in [0, 0.05) is 18.4 Å². The van der Waals surface area contributed by atoms with Crippen LogP contribution in [-0.2, 0) is 11.3 Å². The highest BCUT2D eigenvalue weighted by Gasteiger charge is 2.61. The summed E-state index contributed by atoms with van der Waals surface area (Å²) in [7, 11) is 0. The summed E-state index contributed by atoms with van der Waals surface area (Å²) in [6.07, 6.45) is 5.17. The summed E-state index contributed by atoms with van der Waals surface area (Å²) >= 11 is 0. The monoisotopic (exact) mass is 388 g/mol. The summed E-state index contributed by atoms with van der Waals surface area (Å²) in [4.78, 5) is 17.6. The maximum Gasteiger partial charge on any atom is 0.230 e. The van der Waals surface area contributed by atoms with Gasteiger partial charge < -0.3 is 15.0 Å².